The van der Waals surface area contributed by atoms with E-state index in [0.717, 1.165) is 5.92 Å². The predicted octanol–water partition coefficient (Wildman–Crippen LogP) is 3.30. The first-order valence-electron chi connectivity index (χ1n) is 3.68. The lowest BCUT2D eigenvalue weighted by molar-refractivity contribution is 0.433. The van der Waals surface area contributed by atoms with E-state index < -0.39 is 0 Å². The summed E-state index contributed by atoms with van der Waals surface area (Å²) in [5.41, 5.74) is 0. The molecule has 0 saturated carbocycles. The van der Waals surface area contributed by atoms with Crippen molar-refractivity contribution >= 4 is 11.6 Å². The summed E-state index contributed by atoms with van der Waals surface area (Å²) >= 11 is 5.87. The van der Waals surface area contributed by atoms with Gasteiger partial charge in [-0.05, 0) is 25.2 Å². The second kappa shape index (κ2) is 4.16. The van der Waals surface area contributed by atoms with Gasteiger partial charge in [0.15, 0.2) is 0 Å². The highest BCUT2D eigenvalue weighted by molar-refractivity contribution is 6.20. The minimum Gasteiger partial charge on any atom is -0.123 e. The number of rotatable bonds is 3. The summed E-state index contributed by atoms with van der Waals surface area (Å²) in [7, 11) is 0. The Balaban J connectivity index is 3.38. The molecular weight excluding hydrogens is 132 g/mol. The van der Waals surface area contributed by atoms with Crippen molar-refractivity contribution < 1.29 is 0 Å². The van der Waals surface area contributed by atoms with Gasteiger partial charge in [-0.3, -0.25) is 0 Å². The summed E-state index contributed by atoms with van der Waals surface area (Å²) in [6, 6.07) is 0. The van der Waals surface area contributed by atoms with Gasteiger partial charge in [0.25, 0.3) is 0 Å². The monoisotopic (exact) mass is 148 g/mol. The molecule has 0 aliphatic heterocycles. The fraction of sp³-hybridized carbons (Fsp3) is 1.00. The van der Waals surface area contributed by atoms with Gasteiger partial charge in [-0.15, -0.1) is 11.6 Å². The van der Waals surface area contributed by atoms with Crippen LogP contribution in [0.2, 0.25) is 0 Å². The van der Waals surface area contributed by atoms with E-state index in [1.807, 2.05) is 0 Å². The van der Waals surface area contributed by atoms with E-state index in [4.69, 9.17) is 11.6 Å². The van der Waals surface area contributed by atoms with Crippen molar-refractivity contribution in [2.75, 3.05) is 0 Å². The molecule has 0 amide bonds. The van der Waals surface area contributed by atoms with E-state index in [1.165, 1.54) is 6.42 Å². The van der Waals surface area contributed by atoms with Gasteiger partial charge >= 0.3 is 0 Å². The van der Waals surface area contributed by atoms with E-state index in [0.29, 0.717) is 11.3 Å². The second-order valence-electron chi connectivity index (χ2n) is 3.28. The molecule has 2 unspecified atom stereocenters. The third-order valence-electron chi connectivity index (χ3n) is 1.63. The molecule has 0 heterocycles. The molecule has 0 aliphatic carbocycles. The van der Waals surface area contributed by atoms with Gasteiger partial charge in [-0.25, -0.2) is 0 Å². The summed E-state index contributed by atoms with van der Waals surface area (Å²) in [6.45, 7) is 8.73. The van der Waals surface area contributed by atoms with Crippen molar-refractivity contribution in [1.82, 2.24) is 0 Å². The SMILES string of the molecule is CC(C)CC(C)C(C)Cl. The summed E-state index contributed by atoms with van der Waals surface area (Å²) < 4.78 is 0. The predicted molar refractivity (Wildman–Crippen MR) is 43.9 cm³/mol. The van der Waals surface area contributed by atoms with Gasteiger partial charge in [0.1, 0.15) is 0 Å². The fourth-order valence-electron chi connectivity index (χ4n) is 0.931. The topological polar surface area (TPSA) is 0 Å². The first kappa shape index (κ1) is 9.29. The Kier molecular flexibility index (Phi) is 4.29. The molecular formula is C8H17Cl. The van der Waals surface area contributed by atoms with Crippen LogP contribution in [0.3, 0.4) is 0 Å². The van der Waals surface area contributed by atoms with Crippen LogP contribution in [-0.2, 0) is 0 Å². The van der Waals surface area contributed by atoms with Crippen LogP contribution in [0.15, 0.2) is 0 Å². The van der Waals surface area contributed by atoms with Crippen LogP contribution in [0.4, 0.5) is 0 Å². The number of hydrogen-bond donors (Lipinski definition) is 0. The highest BCUT2D eigenvalue weighted by Gasteiger charge is 2.09. The van der Waals surface area contributed by atoms with E-state index in [2.05, 4.69) is 27.7 Å². The molecule has 0 rings (SSSR count). The highest BCUT2D eigenvalue weighted by atomic mass is 35.5. The zero-order chi connectivity index (χ0) is 7.44. The highest BCUT2D eigenvalue weighted by Crippen LogP contribution is 2.17. The van der Waals surface area contributed by atoms with Crippen molar-refractivity contribution in [3.63, 3.8) is 0 Å². The maximum Gasteiger partial charge on any atom is 0.0333 e. The van der Waals surface area contributed by atoms with Crippen molar-refractivity contribution in [1.29, 1.82) is 0 Å². The Labute approximate surface area is 63.6 Å². The van der Waals surface area contributed by atoms with Gasteiger partial charge in [0.05, 0.1) is 0 Å². The molecule has 0 spiro atoms. The molecule has 56 valence electrons. The van der Waals surface area contributed by atoms with Gasteiger partial charge in [0.2, 0.25) is 0 Å². The Hall–Kier alpha value is 0.290. The first-order chi connectivity index (χ1) is 4.04. The smallest absolute Gasteiger partial charge is 0.0333 e. The Bertz CT molecular complexity index is 67.0. The Morgan fingerprint density at radius 3 is 1.67 bits per heavy atom. The standard InChI is InChI=1S/C8H17Cl/c1-6(2)5-7(3)8(4)9/h6-8H,5H2,1-4H3. The van der Waals surface area contributed by atoms with Crippen LogP contribution in [0.25, 0.3) is 0 Å². The maximum atomic E-state index is 5.87. The molecule has 0 aliphatic rings. The third kappa shape index (κ3) is 4.77. The molecule has 0 aromatic heterocycles. The molecule has 2 atom stereocenters. The van der Waals surface area contributed by atoms with Gasteiger partial charge in [0, 0.05) is 5.38 Å². The van der Waals surface area contributed by atoms with Crippen molar-refractivity contribution in [3.8, 4) is 0 Å². The van der Waals surface area contributed by atoms with Crippen LogP contribution in [0.1, 0.15) is 34.1 Å². The third-order valence-corrected chi connectivity index (χ3v) is 2.06. The van der Waals surface area contributed by atoms with Crippen molar-refractivity contribution in [3.05, 3.63) is 0 Å². The lowest BCUT2D eigenvalue weighted by atomic mass is 9.97. The number of halogens is 1. The number of alkyl halides is 1. The largest absolute Gasteiger partial charge is 0.123 e. The molecule has 0 fully saturated rings. The molecule has 9 heavy (non-hydrogen) atoms. The zero-order valence-electron chi connectivity index (χ0n) is 6.82. The molecule has 1 heteroatoms. The minimum atomic E-state index is 0.326. The lowest BCUT2D eigenvalue weighted by Crippen LogP contribution is -2.09. The van der Waals surface area contributed by atoms with E-state index in [1.54, 1.807) is 0 Å². The molecule has 0 radical (unpaired) electrons. The summed E-state index contributed by atoms with van der Waals surface area (Å²) in [5.74, 6) is 1.44. The summed E-state index contributed by atoms with van der Waals surface area (Å²) in [5, 5.41) is 0.326. The average Bonchev–Trinajstić information content (AvgIpc) is 1.63. The molecule has 0 N–H and O–H groups in total. The molecule has 0 nitrogen and oxygen atoms in total. The lowest BCUT2D eigenvalue weighted by Gasteiger charge is -2.15. The normalized spacial score (nSPS) is 18.0. The van der Waals surface area contributed by atoms with Crippen molar-refractivity contribution in [2.24, 2.45) is 11.8 Å². The van der Waals surface area contributed by atoms with Crippen LogP contribution in [-0.4, -0.2) is 5.38 Å². The average molecular weight is 149 g/mol. The quantitative estimate of drug-likeness (QED) is 0.539. The van der Waals surface area contributed by atoms with Crippen LogP contribution < -0.4 is 0 Å². The first-order valence-corrected chi connectivity index (χ1v) is 4.11. The Morgan fingerprint density at radius 2 is 1.56 bits per heavy atom. The van der Waals surface area contributed by atoms with Gasteiger partial charge < -0.3 is 0 Å². The number of hydrogen-bond acceptors (Lipinski definition) is 0. The summed E-state index contributed by atoms with van der Waals surface area (Å²) in [6.07, 6.45) is 1.24. The zero-order valence-corrected chi connectivity index (χ0v) is 7.57. The van der Waals surface area contributed by atoms with Gasteiger partial charge in [-0.1, -0.05) is 20.8 Å². The van der Waals surface area contributed by atoms with E-state index in [9.17, 15) is 0 Å². The van der Waals surface area contributed by atoms with Crippen LogP contribution >= 0.6 is 11.6 Å². The van der Waals surface area contributed by atoms with Crippen molar-refractivity contribution in [2.45, 2.75) is 39.5 Å². The second-order valence-corrected chi connectivity index (χ2v) is 3.97. The molecule has 0 aromatic rings. The van der Waals surface area contributed by atoms with Crippen LogP contribution in [0, 0.1) is 11.8 Å². The maximum absolute atomic E-state index is 5.87. The van der Waals surface area contributed by atoms with E-state index >= 15 is 0 Å². The minimum absolute atomic E-state index is 0.326. The molecule has 0 bridgehead atoms. The molecule has 0 aromatic carbocycles. The van der Waals surface area contributed by atoms with E-state index in [-0.39, 0.29) is 0 Å². The Morgan fingerprint density at radius 1 is 1.11 bits per heavy atom. The molecule has 0 saturated heterocycles. The fourth-order valence-corrected chi connectivity index (χ4v) is 1.03. The van der Waals surface area contributed by atoms with Gasteiger partial charge in [-0.2, -0.15) is 0 Å². The van der Waals surface area contributed by atoms with Crippen LogP contribution in [0.5, 0.6) is 0 Å². The summed E-state index contributed by atoms with van der Waals surface area (Å²) in [4.78, 5) is 0.